The number of methoxy groups -OCH3 is 1. The van der Waals surface area contributed by atoms with Crippen LogP contribution in [0.2, 0.25) is 10.0 Å². The topological polar surface area (TPSA) is 76.1 Å². The van der Waals surface area contributed by atoms with Gasteiger partial charge in [0.15, 0.2) is 0 Å². The molecular weight excluding hydrogens is 375 g/mol. The third-order valence-corrected chi connectivity index (χ3v) is 3.97. The summed E-state index contributed by atoms with van der Waals surface area (Å²) in [5.74, 6) is 0.705. The highest BCUT2D eigenvalue weighted by atomic mass is 35.5. The molecule has 2 aromatic carbocycles. The van der Waals surface area contributed by atoms with Gasteiger partial charge in [-0.3, -0.25) is 4.79 Å². The predicted octanol–water partition coefficient (Wildman–Crippen LogP) is 4.79. The second kappa shape index (κ2) is 8.03. The summed E-state index contributed by atoms with van der Waals surface area (Å²) >= 11 is 12.0. The number of nitrogens with zero attached hydrogens (tertiary/aromatic N) is 2. The van der Waals surface area contributed by atoms with Gasteiger partial charge in [-0.2, -0.15) is 0 Å². The largest absolute Gasteiger partial charge is 0.497 e. The molecule has 0 saturated carbocycles. The van der Waals surface area contributed by atoms with Gasteiger partial charge in [0.05, 0.1) is 17.8 Å². The number of benzene rings is 2. The number of rotatable bonds is 5. The van der Waals surface area contributed by atoms with E-state index in [1.165, 1.54) is 12.4 Å². The van der Waals surface area contributed by atoms with Crippen LogP contribution in [0.25, 0.3) is 0 Å². The molecule has 3 rings (SSSR count). The fourth-order valence-electron chi connectivity index (χ4n) is 2.17. The standard InChI is InChI=1S/C18H14Cl2N4O2/c1-26-13-4-2-3-12(8-13)23-18(25)16-9-17(22-10-21-16)24-15-6-5-11(19)7-14(15)20/h2-10H,1H3,(H,23,25)(H,21,22,24). The summed E-state index contributed by atoms with van der Waals surface area (Å²) in [6, 6.07) is 13.6. The first-order valence-electron chi connectivity index (χ1n) is 7.54. The third kappa shape index (κ3) is 4.41. The van der Waals surface area contributed by atoms with Crippen LogP contribution in [0.1, 0.15) is 10.5 Å². The summed E-state index contributed by atoms with van der Waals surface area (Å²) in [6.07, 6.45) is 1.30. The van der Waals surface area contributed by atoms with Gasteiger partial charge in [0.25, 0.3) is 5.91 Å². The maximum atomic E-state index is 12.4. The summed E-state index contributed by atoms with van der Waals surface area (Å²) in [4.78, 5) is 20.5. The van der Waals surface area contributed by atoms with Gasteiger partial charge in [0, 0.05) is 22.8 Å². The maximum absolute atomic E-state index is 12.4. The summed E-state index contributed by atoms with van der Waals surface area (Å²) in [7, 11) is 1.56. The van der Waals surface area contributed by atoms with Crippen LogP contribution in [-0.2, 0) is 0 Å². The van der Waals surface area contributed by atoms with Crippen molar-refractivity contribution < 1.29 is 9.53 Å². The molecule has 26 heavy (non-hydrogen) atoms. The van der Waals surface area contributed by atoms with E-state index >= 15 is 0 Å². The minimum absolute atomic E-state index is 0.204. The molecule has 0 radical (unpaired) electrons. The Bertz CT molecular complexity index is 950. The normalized spacial score (nSPS) is 10.3. The van der Waals surface area contributed by atoms with Crippen LogP contribution in [0.5, 0.6) is 5.75 Å². The number of amides is 1. The molecule has 3 aromatic rings. The van der Waals surface area contributed by atoms with E-state index in [1.807, 2.05) is 0 Å². The summed E-state index contributed by atoms with van der Waals surface area (Å²) in [5.41, 5.74) is 1.42. The number of hydrogen-bond acceptors (Lipinski definition) is 5. The van der Waals surface area contributed by atoms with Crippen LogP contribution in [0.4, 0.5) is 17.2 Å². The molecule has 1 aromatic heterocycles. The van der Waals surface area contributed by atoms with Crippen molar-refractivity contribution >= 4 is 46.3 Å². The first-order valence-corrected chi connectivity index (χ1v) is 8.30. The minimum Gasteiger partial charge on any atom is -0.497 e. The van der Waals surface area contributed by atoms with Crippen molar-refractivity contribution in [1.82, 2.24) is 9.97 Å². The molecule has 0 unspecified atom stereocenters. The lowest BCUT2D eigenvalue weighted by Crippen LogP contribution is -2.14. The molecule has 1 heterocycles. The summed E-state index contributed by atoms with van der Waals surface area (Å²) in [6.45, 7) is 0. The second-order valence-corrected chi connectivity index (χ2v) is 6.07. The molecule has 1 amide bonds. The van der Waals surface area contributed by atoms with Gasteiger partial charge < -0.3 is 15.4 Å². The predicted molar refractivity (Wildman–Crippen MR) is 103 cm³/mol. The van der Waals surface area contributed by atoms with E-state index in [1.54, 1.807) is 49.6 Å². The van der Waals surface area contributed by atoms with Crippen LogP contribution >= 0.6 is 23.2 Å². The molecule has 0 aliphatic rings. The lowest BCUT2D eigenvalue weighted by molar-refractivity contribution is 0.102. The Morgan fingerprint density at radius 1 is 1.08 bits per heavy atom. The van der Waals surface area contributed by atoms with Gasteiger partial charge in [0.1, 0.15) is 23.6 Å². The number of aromatic nitrogens is 2. The Balaban J connectivity index is 1.76. The quantitative estimate of drug-likeness (QED) is 0.656. The third-order valence-electron chi connectivity index (χ3n) is 3.42. The van der Waals surface area contributed by atoms with Gasteiger partial charge in [0.2, 0.25) is 0 Å². The zero-order chi connectivity index (χ0) is 18.5. The fourth-order valence-corrected chi connectivity index (χ4v) is 2.63. The van der Waals surface area contributed by atoms with Gasteiger partial charge in [-0.1, -0.05) is 29.3 Å². The fraction of sp³-hybridized carbons (Fsp3) is 0.0556. The molecule has 0 fully saturated rings. The van der Waals surface area contributed by atoms with E-state index in [0.29, 0.717) is 33.0 Å². The molecule has 0 atom stereocenters. The minimum atomic E-state index is -0.370. The molecule has 132 valence electrons. The zero-order valence-electron chi connectivity index (χ0n) is 13.7. The van der Waals surface area contributed by atoms with Crippen molar-refractivity contribution in [3.8, 4) is 5.75 Å². The average Bonchev–Trinajstić information content (AvgIpc) is 2.64. The lowest BCUT2D eigenvalue weighted by Gasteiger charge is -2.09. The maximum Gasteiger partial charge on any atom is 0.274 e. The van der Waals surface area contributed by atoms with Crippen molar-refractivity contribution in [2.45, 2.75) is 0 Å². The number of anilines is 3. The molecule has 0 saturated heterocycles. The van der Waals surface area contributed by atoms with Crippen LogP contribution in [0, 0.1) is 0 Å². The summed E-state index contributed by atoms with van der Waals surface area (Å²) in [5, 5.41) is 6.77. The number of nitrogens with one attached hydrogen (secondary N) is 2. The van der Waals surface area contributed by atoms with Gasteiger partial charge >= 0.3 is 0 Å². The van der Waals surface area contributed by atoms with E-state index in [0.717, 1.165) is 0 Å². The number of halogens is 2. The number of carbonyl (C=O) groups is 1. The van der Waals surface area contributed by atoms with E-state index in [4.69, 9.17) is 27.9 Å². The average molecular weight is 389 g/mol. The monoisotopic (exact) mass is 388 g/mol. The van der Waals surface area contributed by atoms with Crippen molar-refractivity contribution in [2.75, 3.05) is 17.7 Å². The van der Waals surface area contributed by atoms with Crippen molar-refractivity contribution in [2.24, 2.45) is 0 Å². The molecule has 8 heteroatoms. The van der Waals surface area contributed by atoms with Crippen LogP contribution in [0.15, 0.2) is 54.9 Å². The van der Waals surface area contributed by atoms with E-state index < -0.39 is 0 Å². The van der Waals surface area contributed by atoms with Crippen molar-refractivity contribution in [3.05, 3.63) is 70.6 Å². The summed E-state index contributed by atoms with van der Waals surface area (Å²) < 4.78 is 5.14. The highest BCUT2D eigenvalue weighted by Crippen LogP contribution is 2.27. The Kier molecular flexibility index (Phi) is 5.55. The number of hydrogen-bond donors (Lipinski definition) is 2. The van der Waals surface area contributed by atoms with Crippen molar-refractivity contribution in [1.29, 1.82) is 0 Å². The van der Waals surface area contributed by atoms with Gasteiger partial charge in [-0.15, -0.1) is 0 Å². The van der Waals surface area contributed by atoms with Crippen LogP contribution < -0.4 is 15.4 Å². The first-order chi connectivity index (χ1) is 12.5. The van der Waals surface area contributed by atoms with E-state index in [-0.39, 0.29) is 11.6 Å². The molecular formula is C18H14Cl2N4O2. The van der Waals surface area contributed by atoms with E-state index in [9.17, 15) is 4.79 Å². The molecule has 0 aliphatic carbocycles. The molecule has 0 spiro atoms. The van der Waals surface area contributed by atoms with Gasteiger partial charge in [-0.05, 0) is 30.3 Å². The highest BCUT2D eigenvalue weighted by molar-refractivity contribution is 6.36. The van der Waals surface area contributed by atoms with E-state index in [2.05, 4.69) is 20.6 Å². The second-order valence-electron chi connectivity index (χ2n) is 5.22. The SMILES string of the molecule is COc1cccc(NC(=O)c2cc(Nc3ccc(Cl)cc3Cl)ncn2)c1. The smallest absolute Gasteiger partial charge is 0.274 e. The van der Waals surface area contributed by atoms with Crippen LogP contribution in [-0.4, -0.2) is 23.0 Å². The Labute approximate surface area is 160 Å². The molecule has 6 nitrogen and oxygen atoms in total. The first kappa shape index (κ1) is 18.0. The number of carbonyl (C=O) groups excluding carboxylic acids is 1. The van der Waals surface area contributed by atoms with Gasteiger partial charge in [-0.25, -0.2) is 9.97 Å². The van der Waals surface area contributed by atoms with Crippen LogP contribution in [0.3, 0.4) is 0 Å². The molecule has 0 bridgehead atoms. The highest BCUT2D eigenvalue weighted by Gasteiger charge is 2.11. The Hall–Kier alpha value is -2.83. The zero-order valence-corrected chi connectivity index (χ0v) is 15.2. The Morgan fingerprint density at radius 3 is 2.69 bits per heavy atom. The molecule has 0 aliphatic heterocycles. The Morgan fingerprint density at radius 2 is 1.92 bits per heavy atom. The lowest BCUT2D eigenvalue weighted by atomic mass is 10.2. The van der Waals surface area contributed by atoms with Crippen molar-refractivity contribution in [3.63, 3.8) is 0 Å². The number of ether oxygens (including phenoxy) is 1. The molecule has 2 N–H and O–H groups in total.